The lowest BCUT2D eigenvalue weighted by Crippen LogP contribution is -2.39. The second kappa shape index (κ2) is 6.99. The minimum Gasteiger partial charge on any atom is -0.338 e. The highest BCUT2D eigenvalue weighted by atomic mass is 79.9. The summed E-state index contributed by atoms with van der Waals surface area (Å²) in [5.74, 6) is 0.996. The Hall–Kier alpha value is -2.55. The van der Waals surface area contributed by atoms with Gasteiger partial charge in [0.15, 0.2) is 11.5 Å². The second-order valence-electron chi connectivity index (χ2n) is 6.26. The smallest absolute Gasteiger partial charge is 0.280 e. The monoisotopic (exact) mass is 416 g/mol. The largest absolute Gasteiger partial charge is 0.338 e. The van der Waals surface area contributed by atoms with Crippen LogP contribution in [0.1, 0.15) is 35.1 Å². The van der Waals surface area contributed by atoms with Crippen LogP contribution in [-0.2, 0) is 0 Å². The van der Waals surface area contributed by atoms with Crippen LogP contribution in [0.25, 0.3) is 11.6 Å². The summed E-state index contributed by atoms with van der Waals surface area (Å²) in [6.07, 6.45) is 3.47. The molecule has 134 valence electrons. The summed E-state index contributed by atoms with van der Waals surface area (Å²) < 4.78 is 7.86. The number of aromatic nitrogens is 5. The van der Waals surface area contributed by atoms with Crippen molar-refractivity contribution in [3.05, 3.63) is 46.3 Å². The predicted molar refractivity (Wildman–Crippen MR) is 96.4 cm³/mol. The molecule has 0 aliphatic carbocycles. The summed E-state index contributed by atoms with van der Waals surface area (Å²) in [5.41, 5.74) is 1.27. The van der Waals surface area contributed by atoms with Crippen molar-refractivity contribution >= 4 is 21.8 Å². The van der Waals surface area contributed by atoms with Crippen molar-refractivity contribution in [1.82, 2.24) is 30.0 Å². The Bertz CT molecular complexity index is 929. The first-order valence-electron chi connectivity index (χ1n) is 8.37. The number of aryl methyl sites for hydroxylation is 1. The van der Waals surface area contributed by atoms with Crippen LogP contribution in [-0.4, -0.2) is 49.0 Å². The van der Waals surface area contributed by atoms with Crippen molar-refractivity contribution in [2.24, 2.45) is 0 Å². The van der Waals surface area contributed by atoms with E-state index in [0.717, 1.165) is 17.3 Å². The van der Waals surface area contributed by atoms with Gasteiger partial charge in [-0.1, -0.05) is 32.4 Å². The van der Waals surface area contributed by atoms with Gasteiger partial charge in [-0.2, -0.15) is 4.98 Å². The van der Waals surface area contributed by atoms with Gasteiger partial charge in [0, 0.05) is 23.1 Å². The van der Waals surface area contributed by atoms with Gasteiger partial charge in [0.2, 0.25) is 0 Å². The molecule has 2 aromatic heterocycles. The molecule has 1 aromatic carbocycles. The highest BCUT2D eigenvalue weighted by Gasteiger charge is 2.26. The average molecular weight is 417 g/mol. The van der Waals surface area contributed by atoms with Crippen molar-refractivity contribution in [3.8, 4) is 11.6 Å². The maximum atomic E-state index is 12.6. The summed E-state index contributed by atoms with van der Waals surface area (Å²) in [7, 11) is 0. The number of nitrogens with zero attached hydrogens (tertiary/aromatic N) is 6. The molecular formula is C17H17BrN6O2. The van der Waals surface area contributed by atoms with Crippen LogP contribution < -0.4 is 0 Å². The summed E-state index contributed by atoms with van der Waals surface area (Å²) in [6.45, 7) is 3.13. The fraction of sp³-hybridized carbons (Fsp3) is 0.353. The Morgan fingerprint density at radius 3 is 2.81 bits per heavy atom. The minimum atomic E-state index is 0.0605. The van der Waals surface area contributed by atoms with Crippen LogP contribution in [0.15, 0.2) is 39.5 Å². The maximum Gasteiger partial charge on any atom is 0.280 e. The van der Waals surface area contributed by atoms with Crippen molar-refractivity contribution in [3.63, 3.8) is 0 Å². The second-order valence-corrected chi connectivity index (χ2v) is 7.18. The third-order valence-corrected chi connectivity index (χ3v) is 4.95. The van der Waals surface area contributed by atoms with E-state index < -0.39 is 0 Å². The van der Waals surface area contributed by atoms with Crippen molar-refractivity contribution in [2.75, 3.05) is 13.1 Å². The lowest BCUT2D eigenvalue weighted by atomic mass is 10.0. The first kappa shape index (κ1) is 16.9. The molecular weight excluding hydrogens is 400 g/mol. The number of piperidine rings is 1. The molecule has 1 aliphatic rings. The average Bonchev–Trinajstić information content (AvgIpc) is 3.30. The number of hydrogen-bond donors (Lipinski definition) is 0. The summed E-state index contributed by atoms with van der Waals surface area (Å²) >= 11 is 3.41. The van der Waals surface area contributed by atoms with Gasteiger partial charge < -0.3 is 9.42 Å². The number of rotatable bonds is 3. The Morgan fingerprint density at radius 2 is 2.12 bits per heavy atom. The molecule has 1 aliphatic heterocycles. The van der Waals surface area contributed by atoms with E-state index >= 15 is 0 Å². The van der Waals surface area contributed by atoms with Gasteiger partial charge in [-0.05, 0) is 38.0 Å². The minimum absolute atomic E-state index is 0.0605. The Labute approximate surface area is 158 Å². The molecule has 8 nitrogen and oxygen atoms in total. The molecule has 0 atom stereocenters. The van der Waals surface area contributed by atoms with E-state index in [1.807, 2.05) is 40.0 Å². The van der Waals surface area contributed by atoms with E-state index in [1.54, 1.807) is 6.92 Å². The number of carbonyl (C=O) groups excluding carboxylic acids is 1. The van der Waals surface area contributed by atoms with Crippen molar-refractivity contribution < 1.29 is 9.32 Å². The fourth-order valence-electron chi connectivity index (χ4n) is 3.09. The molecule has 0 unspecified atom stereocenters. The Morgan fingerprint density at radius 1 is 1.31 bits per heavy atom. The molecule has 1 saturated heterocycles. The van der Waals surface area contributed by atoms with Crippen LogP contribution in [0.4, 0.5) is 0 Å². The van der Waals surface area contributed by atoms with Gasteiger partial charge in [-0.3, -0.25) is 4.79 Å². The first-order chi connectivity index (χ1) is 12.6. The lowest BCUT2D eigenvalue weighted by molar-refractivity contribution is 0.0689. The first-order valence-corrected chi connectivity index (χ1v) is 9.17. The van der Waals surface area contributed by atoms with Crippen LogP contribution in [0, 0.1) is 6.92 Å². The molecule has 0 N–H and O–H groups in total. The van der Waals surface area contributed by atoms with E-state index in [0.29, 0.717) is 36.1 Å². The topological polar surface area (TPSA) is 89.9 Å². The molecule has 0 radical (unpaired) electrons. The fourth-order valence-corrected chi connectivity index (χ4v) is 3.49. The molecule has 3 aromatic rings. The van der Waals surface area contributed by atoms with Crippen LogP contribution in [0.3, 0.4) is 0 Å². The number of benzene rings is 1. The van der Waals surface area contributed by atoms with Crippen molar-refractivity contribution in [2.45, 2.75) is 25.8 Å². The van der Waals surface area contributed by atoms with Gasteiger partial charge in [0.25, 0.3) is 11.8 Å². The third-order valence-electron chi connectivity index (χ3n) is 4.45. The summed E-state index contributed by atoms with van der Waals surface area (Å²) in [6, 6.07) is 7.68. The molecule has 4 rings (SSSR count). The molecule has 0 spiro atoms. The molecule has 3 heterocycles. The van der Waals surface area contributed by atoms with E-state index in [4.69, 9.17) is 4.52 Å². The Balaban J connectivity index is 1.41. The van der Waals surface area contributed by atoms with Gasteiger partial charge in [0.1, 0.15) is 0 Å². The zero-order valence-electron chi connectivity index (χ0n) is 14.2. The standard InChI is InChI=1S/C17H17BrN6O2/c1-11-19-16(26-21-11)15-10-24(22-20-15)14-5-7-23(8-6-14)17(25)12-3-2-4-13(18)9-12/h2-4,9-10,14H,5-8H2,1H3. The summed E-state index contributed by atoms with van der Waals surface area (Å²) in [4.78, 5) is 18.7. The normalized spacial score (nSPS) is 15.4. The Kier molecular flexibility index (Phi) is 4.54. The van der Waals surface area contributed by atoms with Crippen molar-refractivity contribution in [1.29, 1.82) is 0 Å². The summed E-state index contributed by atoms with van der Waals surface area (Å²) in [5, 5.41) is 12.1. The van der Waals surface area contributed by atoms with E-state index in [9.17, 15) is 4.79 Å². The molecule has 1 fully saturated rings. The maximum absolute atomic E-state index is 12.6. The number of halogens is 1. The predicted octanol–water partition coefficient (Wildman–Crippen LogP) is 2.88. The highest BCUT2D eigenvalue weighted by Crippen LogP contribution is 2.25. The molecule has 1 amide bonds. The third kappa shape index (κ3) is 3.39. The number of hydrogen-bond acceptors (Lipinski definition) is 6. The van der Waals surface area contributed by atoms with Gasteiger partial charge in [0.05, 0.1) is 12.2 Å². The molecule has 26 heavy (non-hydrogen) atoms. The quantitative estimate of drug-likeness (QED) is 0.651. The highest BCUT2D eigenvalue weighted by molar-refractivity contribution is 9.10. The van der Waals surface area contributed by atoms with Gasteiger partial charge >= 0.3 is 0 Å². The zero-order valence-corrected chi connectivity index (χ0v) is 15.8. The number of carbonyl (C=O) groups is 1. The van der Waals surface area contributed by atoms with E-state index in [1.165, 1.54) is 0 Å². The number of amides is 1. The molecule has 9 heteroatoms. The van der Waals surface area contributed by atoms with Crippen LogP contribution in [0.2, 0.25) is 0 Å². The van der Waals surface area contributed by atoms with E-state index in [-0.39, 0.29) is 11.9 Å². The molecule has 0 saturated carbocycles. The zero-order chi connectivity index (χ0) is 18.1. The van der Waals surface area contributed by atoms with E-state index in [2.05, 4.69) is 36.4 Å². The van der Waals surface area contributed by atoms with Crippen LogP contribution >= 0.6 is 15.9 Å². The lowest BCUT2D eigenvalue weighted by Gasteiger charge is -2.31. The SMILES string of the molecule is Cc1noc(-c2cn(C3CCN(C(=O)c4cccc(Br)c4)CC3)nn2)n1. The number of likely N-dealkylation sites (tertiary alicyclic amines) is 1. The molecule has 0 bridgehead atoms. The van der Waals surface area contributed by atoms with Gasteiger partial charge in [-0.25, -0.2) is 4.68 Å². The van der Waals surface area contributed by atoms with Crippen LogP contribution in [0.5, 0.6) is 0 Å². The van der Waals surface area contributed by atoms with Gasteiger partial charge in [-0.15, -0.1) is 5.10 Å².